The molecule has 0 saturated carbocycles. The monoisotopic (exact) mass is 267 g/mol. The van der Waals surface area contributed by atoms with Crippen molar-refractivity contribution in [1.29, 1.82) is 0 Å². The van der Waals surface area contributed by atoms with Crippen molar-refractivity contribution in [3.63, 3.8) is 0 Å². The Bertz CT molecular complexity index is 330. The van der Waals surface area contributed by atoms with E-state index in [0.29, 0.717) is 5.92 Å². The summed E-state index contributed by atoms with van der Waals surface area (Å²) in [6.45, 7) is 3.82. The second-order valence-electron chi connectivity index (χ2n) is 3.72. The van der Waals surface area contributed by atoms with Crippen LogP contribution in [-0.4, -0.2) is 39.1 Å². The van der Waals surface area contributed by atoms with Crippen molar-refractivity contribution in [2.24, 2.45) is 0 Å². The average Bonchev–Trinajstić information content (AvgIpc) is 2.26. The molecule has 1 rings (SSSR count). The SMILES string of the molecule is C=CCC(C(=[Se])N(C)C)c1ccccc1. The molecule has 15 heavy (non-hydrogen) atoms. The number of benzene rings is 1. The van der Waals surface area contributed by atoms with Crippen molar-refractivity contribution in [3.8, 4) is 0 Å². The topological polar surface area (TPSA) is 3.24 Å². The number of nitrogens with zero attached hydrogens (tertiary/aromatic N) is 1. The molecule has 0 fully saturated rings. The van der Waals surface area contributed by atoms with Crippen LogP contribution in [0.1, 0.15) is 17.9 Å². The summed E-state index contributed by atoms with van der Waals surface area (Å²) in [7, 11) is 4.12. The van der Waals surface area contributed by atoms with Crippen molar-refractivity contribution in [2.45, 2.75) is 12.3 Å². The molecule has 1 aromatic rings. The average molecular weight is 266 g/mol. The Morgan fingerprint density at radius 3 is 2.47 bits per heavy atom. The van der Waals surface area contributed by atoms with Crippen molar-refractivity contribution in [2.75, 3.05) is 14.1 Å². The number of likely N-dealkylation sites (N-methyl/N-ethyl adjacent to an activating group) is 1. The second-order valence-corrected chi connectivity index (χ2v) is 4.60. The molecule has 0 saturated heterocycles. The Balaban J connectivity index is 2.93. The summed E-state index contributed by atoms with van der Waals surface area (Å²) in [5, 5.41) is 0. The number of allylic oxidation sites excluding steroid dienone is 1. The van der Waals surface area contributed by atoms with E-state index in [0.717, 1.165) is 6.42 Å². The Kier molecular flexibility index (Phi) is 4.80. The zero-order chi connectivity index (χ0) is 11.3. The number of hydrogen-bond acceptors (Lipinski definition) is 1. The van der Waals surface area contributed by atoms with Gasteiger partial charge in [0, 0.05) is 0 Å². The number of hydrogen-bond donors (Lipinski definition) is 0. The van der Waals surface area contributed by atoms with Gasteiger partial charge in [-0.05, 0) is 0 Å². The molecule has 0 amide bonds. The molecule has 1 nitrogen and oxygen atoms in total. The predicted octanol–water partition coefficient (Wildman–Crippen LogP) is 2.21. The van der Waals surface area contributed by atoms with Crippen LogP contribution in [0.3, 0.4) is 0 Å². The van der Waals surface area contributed by atoms with Gasteiger partial charge in [0.1, 0.15) is 0 Å². The van der Waals surface area contributed by atoms with Crippen molar-refractivity contribution < 1.29 is 0 Å². The van der Waals surface area contributed by atoms with Gasteiger partial charge in [0.15, 0.2) is 0 Å². The van der Waals surface area contributed by atoms with Crippen LogP contribution in [0.5, 0.6) is 0 Å². The zero-order valence-electron chi connectivity index (χ0n) is 9.31. The third-order valence-electron chi connectivity index (χ3n) is 2.34. The van der Waals surface area contributed by atoms with E-state index in [9.17, 15) is 0 Å². The van der Waals surface area contributed by atoms with E-state index >= 15 is 0 Å². The third-order valence-corrected chi connectivity index (χ3v) is 3.71. The van der Waals surface area contributed by atoms with Gasteiger partial charge in [-0.3, -0.25) is 0 Å². The standard InChI is InChI=1S/C13H17NSe/c1-4-8-12(13(15)14(2)3)11-9-6-5-7-10-11/h4-7,9-10,12H,1,8H2,2-3H3. The van der Waals surface area contributed by atoms with Gasteiger partial charge in [-0.25, -0.2) is 0 Å². The van der Waals surface area contributed by atoms with E-state index in [2.05, 4.69) is 65.4 Å². The molecule has 0 spiro atoms. The fourth-order valence-electron chi connectivity index (χ4n) is 1.54. The fourth-order valence-corrected chi connectivity index (χ4v) is 2.03. The van der Waals surface area contributed by atoms with Gasteiger partial charge in [-0.1, -0.05) is 0 Å². The van der Waals surface area contributed by atoms with Gasteiger partial charge >= 0.3 is 100 Å². The molecular formula is C13H17NSe. The maximum atomic E-state index is 3.82. The Morgan fingerprint density at radius 1 is 1.40 bits per heavy atom. The van der Waals surface area contributed by atoms with Gasteiger partial charge in [-0.15, -0.1) is 0 Å². The quantitative estimate of drug-likeness (QED) is 0.583. The van der Waals surface area contributed by atoms with Crippen molar-refractivity contribution in [1.82, 2.24) is 4.90 Å². The van der Waals surface area contributed by atoms with Crippen LogP contribution in [-0.2, 0) is 0 Å². The van der Waals surface area contributed by atoms with Gasteiger partial charge in [-0.2, -0.15) is 0 Å². The molecule has 0 bridgehead atoms. The Hall–Kier alpha value is -0.851. The summed E-state index contributed by atoms with van der Waals surface area (Å²) in [5.41, 5.74) is 1.33. The second kappa shape index (κ2) is 5.89. The molecule has 1 aromatic carbocycles. The van der Waals surface area contributed by atoms with Gasteiger partial charge in [0.2, 0.25) is 0 Å². The van der Waals surface area contributed by atoms with Gasteiger partial charge in [0.05, 0.1) is 0 Å². The molecular weight excluding hydrogens is 249 g/mol. The maximum absolute atomic E-state index is 3.82. The van der Waals surface area contributed by atoms with Gasteiger partial charge in [0.25, 0.3) is 0 Å². The molecule has 80 valence electrons. The van der Waals surface area contributed by atoms with E-state index in [-0.39, 0.29) is 0 Å². The summed E-state index contributed by atoms with van der Waals surface area (Å²) >= 11 is 3.15. The van der Waals surface area contributed by atoms with E-state index in [1.807, 2.05) is 12.1 Å². The number of rotatable bonds is 5. The molecule has 0 aliphatic carbocycles. The molecule has 0 N–H and O–H groups in total. The predicted molar refractivity (Wildman–Crippen MR) is 68.4 cm³/mol. The van der Waals surface area contributed by atoms with E-state index in [4.69, 9.17) is 0 Å². The Labute approximate surface area is 100 Å². The first-order chi connectivity index (χ1) is 7.16. The molecule has 0 aliphatic rings. The molecule has 0 aliphatic heterocycles. The Morgan fingerprint density at radius 2 is 2.00 bits per heavy atom. The van der Waals surface area contributed by atoms with E-state index in [1.54, 1.807) is 0 Å². The van der Waals surface area contributed by atoms with Crippen LogP contribution >= 0.6 is 0 Å². The zero-order valence-corrected chi connectivity index (χ0v) is 11.0. The summed E-state index contributed by atoms with van der Waals surface area (Å²) in [4.78, 5) is 2.13. The minimum atomic E-state index is 0.402. The summed E-state index contributed by atoms with van der Waals surface area (Å²) in [6.07, 6.45) is 2.93. The van der Waals surface area contributed by atoms with E-state index < -0.39 is 0 Å². The van der Waals surface area contributed by atoms with Crippen molar-refractivity contribution in [3.05, 3.63) is 48.6 Å². The van der Waals surface area contributed by atoms with Crippen LogP contribution in [0.15, 0.2) is 43.0 Å². The van der Waals surface area contributed by atoms with Crippen LogP contribution in [0.4, 0.5) is 0 Å². The normalized spacial score (nSPS) is 11.9. The van der Waals surface area contributed by atoms with Crippen LogP contribution in [0, 0.1) is 0 Å². The fraction of sp³-hybridized carbons (Fsp3) is 0.308. The first kappa shape index (κ1) is 12.2. The van der Waals surface area contributed by atoms with Crippen LogP contribution in [0.25, 0.3) is 0 Å². The summed E-state index contributed by atoms with van der Waals surface area (Å²) in [5.74, 6) is 0.402. The molecule has 1 atom stereocenters. The summed E-state index contributed by atoms with van der Waals surface area (Å²) < 4.78 is 1.25. The van der Waals surface area contributed by atoms with Crippen LogP contribution < -0.4 is 0 Å². The minimum absolute atomic E-state index is 0.402. The molecule has 0 aromatic heterocycles. The molecule has 2 heteroatoms. The first-order valence-corrected chi connectivity index (χ1v) is 5.89. The first-order valence-electron chi connectivity index (χ1n) is 5.03. The van der Waals surface area contributed by atoms with E-state index in [1.165, 1.54) is 10.1 Å². The van der Waals surface area contributed by atoms with Gasteiger partial charge < -0.3 is 0 Å². The molecule has 0 radical (unpaired) electrons. The summed E-state index contributed by atoms with van der Waals surface area (Å²) in [6, 6.07) is 10.5. The molecule has 0 heterocycles. The van der Waals surface area contributed by atoms with Crippen LogP contribution in [0.2, 0.25) is 0 Å². The van der Waals surface area contributed by atoms with Crippen molar-refractivity contribution >= 4 is 20.1 Å². The third kappa shape index (κ3) is 3.33. The molecule has 1 unspecified atom stereocenters.